The van der Waals surface area contributed by atoms with Crippen molar-refractivity contribution >= 4 is 0 Å². The molecule has 2 aromatic rings. The van der Waals surface area contributed by atoms with Gasteiger partial charge >= 0.3 is 0 Å². The van der Waals surface area contributed by atoms with Gasteiger partial charge in [-0.1, -0.05) is 18.2 Å². The highest BCUT2D eigenvalue weighted by Gasteiger charge is 2.13. The van der Waals surface area contributed by atoms with E-state index in [1.165, 1.54) is 0 Å². The molecule has 1 aromatic carbocycles. The van der Waals surface area contributed by atoms with E-state index in [1.54, 1.807) is 24.9 Å². The van der Waals surface area contributed by atoms with Gasteiger partial charge in [-0.3, -0.25) is 4.79 Å². The van der Waals surface area contributed by atoms with Gasteiger partial charge in [0.2, 0.25) is 0 Å². The number of hydrogen-bond donors (Lipinski definition) is 1. The van der Waals surface area contributed by atoms with Gasteiger partial charge in [-0.15, -0.1) is 0 Å². The number of nitrogens with two attached hydrogens (primary N) is 1. The molecule has 118 valence electrons. The van der Waals surface area contributed by atoms with Crippen molar-refractivity contribution in [2.45, 2.75) is 19.5 Å². The maximum absolute atomic E-state index is 12.6. The van der Waals surface area contributed by atoms with Crippen LogP contribution in [-0.4, -0.2) is 25.4 Å². The molecule has 0 radical (unpaired) electrons. The zero-order valence-electron chi connectivity index (χ0n) is 13.0. The molecule has 0 atom stereocenters. The van der Waals surface area contributed by atoms with Crippen LogP contribution in [0.25, 0.3) is 11.3 Å². The topological polar surface area (TPSA) is 66.5 Å². The van der Waals surface area contributed by atoms with Crippen LogP contribution in [0.2, 0.25) is 0 Å². The van der Waals surface area contributed by atoms with Crippen molar-refractivity contribution in [3.05, 3.63) is 52.3 Å². The molecule has 0 aliphatic heterocycles. The molecule has 0 unspecified atom stereocenters. The second kappa shape index (κ2) is 7.77. The van der Waals surface area contributed by atoms with Crippen LogP contribution in [0.4, 0.5) is 0 Å². The van der Waals surface area contributed by atoms with Gasteiger partial charge in [0, 0.05) is 37.9 Å². The Hall–Kier alpha value is -2.11. The first-order valence-electron chi connectivity index (χ1n) is 7.28. The van der Waals surface area contributed by atoms with Crippen molar-refractivity contribution in [3.63, 3.8) is 0 Å². The number of aromatic nitrogens is 1. The third-order valence-corrected chi connectivity index (χ3v) is 3.59. The van der Waals surface area contributed by atoms with Crippen LogP contribution in [0.15, 0.2) is 41.2 Å². The summed E-state index contributed by atoms with van der Waals surface area (Å²) in [7, 11) is 3.28. The van der Waals surface area contributed by atoms with Crippen molar-refractivity contribution in [3.8, 4) is 17.0 Å². The average molecular weight is 302 g/mol. The summed E-state index contributed by atoms with van der Waals surface area (Å²) in [6, 6.07) is 11.4. The number of methoxy groups -OCH3 is 2. The minimum absolute atomic E-state index is 0.0537. The fraction of sp³-hybridized carbons (Fsp3) is 0.353. The lowest BCUT2D eigenvalue weighted by Crippen LogP contribution is -2.27. The molecule has 5 nitrogen and oxygen atoms in total. The number of nitrogens with zero attached hydrogens (tertiary/aromatic N) is 1. The first-order chi connectivity index (χ1) is 10.7. The lowest BCUT2D eigenvalue weighted by molar-refractivity contribution is 0.190. The second-order valence-electron chi connectivity index (χ2n) is 4.95. The number of rotatable bonds is 7. The maximum Gasteiger partial charge on any atom is 0.255 e. The van der Waals surface area contributed by atoms with E-state index in [1.807, 2.05) is 30.3 Å². The summed E-state index contributed by atoms with van der Waals surface area (Å²) < 4.78 is 12.2. The summed E-state index contributed by atoms with van der Waals surface area (Å²) in [5.41, 5.74) is 7.93. The quantitative estimate of drug-likeness (QED) is 0.795. The molecular weight excluding hydrogens is 280 g/mol. The fourth-order valence-electron chi connectivity index (χ4n) is 2.46. The Morgan fingerprint density at radius 3 is 2.59 bits per heavy atom. The summed E-state index contributed by atoms with van der Waals surface area (Å²) in [4.78, 5) is 12.6. The van der Waals surface area contributed by atoms with E-state index in [0.29, 0.717) is 18.7 Å². The summed E-state index contributed by atoms with van der Waals surface area (Å²) in [6.45, 7) is 1.41. The van der Waals surface area contributed by atoms with Crippen molar-refractivity contribution in [1.82, 2.24) is 4.57 Å². The van der Waals surface area contributed by atoms with Crippen molar-refractivity contribution in [2.75, 3.05) is 20.8 Å². The summed E-state index contributed by atoms with van der Waals surface area (Å²) in [6.07, 6.45) is 0.757. The fourth-order valence-corrected chi connectivity index (χ4v) is 2.46. The molecule has 0 saturated carbocycles. The van der Waals surface area contributed by atoms with Crippen molar-refractivity contribution < 1.29 is 9.47 Å². The average Bonchev–Trinajstić information content (AvgIpc) is 2.56. The lowest BCUT2D eigenvalue weighted by Gasteiger charge is -2.16. The molecule has 0 spiro atoms. The lowest BCUT2D eigenvalue weighted by atomic mass is 10.1. The zero-order chi connectivity index (χ0) is 15.9. The Labute approximate surface area is 130 Å². The summed E-state index contributed by atoms with van der Waals surface area (Å²) in [5, 5.41) is 0. The molecule has 0 amide bonds. The highest BCUT2D eigenvalue weighted by atomic mass is 16.5. The number of para-hydroxylation sites is 1. The van der Waals surface area contributed by atoms with Crippen molar-refractivity contribution in [2.24, 2.45) is 5.73 Å². The largest absolute Gasteiger partial charge is 0.496 e. The van der Waals surface area contributed by atoms with Crippen LogP contribution < -0.4 is 16.0 Å². The van der Waals surface area contributed by atoms with Crippen LogP contribution in [0, 0.1) is 0 Å². The molecule has 2 N–H and O–H groups in total. The molecule has 22 heavy (non-hydrogen) atoms. The van der Waals surface area contributed by atoms with Gasteiger partial charge in [0.15, 0.2) is 0 Å². The summed E-state index contributed by atoms with van der Waals surface area (Å²) in [5.74, 6) is 0.739. The molecule has 0 aliphatic rings. The van der Waals surface area contributed by atoms with E-state index in [4.69, 9.17) is 15.2 Å². The highest BCUT2D eigenvalue weighted by molar-refractivity contribution is 5.67. The predicted octanol–water partition coefficient (Wildman–Crippen LogP) is 2.02. The van der Waals surface area contributed by atoms with E-state index >= 15 is 0 Å². The Bertz CT molecular complexity index is 680. The smallest absolute Gasteiger partial charge is 0.255 e. The van der Waals surface area contributed by atoms with Gasteiger partial charge in [0.05, 0.1) is 12.8 Å². The van der Waals surface area contributed by atoms with Crippen LogP contribution in [0.1, 0.15) is 12.0 Å². The predicted molar refractivity (Wildman–Crippen MR) is 87.1 cm³/mol. The van der Waals surface area contributed by atoms with Gasteiger partial charge in [-0.2, -0.15) is 0 Å². The first kappa shape index (κ1) is 16.3. The minimum Gasteiger partial charge on any atom is -0.496 e. The third kappa shape index (κ3) is 3.37. The Morgan fingerprint density at radius 2 is 1.91 bits per heavy atom. The van der Waals surface area contributed by atoms with Crippen LogP contribution in [-0.2, 0) is 17.8 Å². The van der Waals surface area contributed by atoms with E-state index in [0.717, 1.165) is 23.4 Å². The zero-order valence-corrected chi connectivity index (χ0v) is 13.0. The van der Waals surface area contributed by atoms with E-state index in [-0.39, 0.29) is 12.1 Å². The van der Waals surface area contributed by atoms with Gasteiger partial charge in [-0.25, -0.2) is 0 Å². The standard InChI is InChI=1S/C17H22N2O3/c1-21-11-5-10-19-15(9-8-13(12-18)17(19)20)14-6-3-4-7-16(14)22-2/h3-4,6-9H,5,10-12,18H2,1-2H3. The normalized spacial score (nSPS) is 10.7. The number of ether oxygens (including phenoxy) is 2. The SMILES string of the molecule is COCCCn1c(-c2ccccc2OC)ccc(CN)c1=O. The number of hydrogen-bond acceptors (Lipinski definition) is 4. The Morgan fingerprint density at radius 1 is 1.14 bits per heavy atom. The van der Waals surface area contributed by atoms with Crippen LogP contribution >= 0.6 is 0 Å². The maximum atomic E-state index is 12.6. The first-order valence-corrected chi connectivity index (χ1v) is 7.28. The molecule has 2 rings (SSSR count). The molecular formula is C17H22N2O3. The molecule has 1 aromatic heterocycles. The van der Waals surface area contributed by atoms with Gasteiger partial charge < -0.3 is 19.8 Å². The molecule has 1 heterocycles. The van der Waals surface area contributed by atoms with E-state index in [9.17, 15) is 4.79 Å². The van der Waals surface area contributed by atoms with Gasteiger partial charge in [-0.05, 0) is 24.6 Å². The molecule has 0 bridgehead atoms. The second-order valence-corrected chi connectivity index (χ2v) is 4.95. The minimum atomic E-state index is -0.0537. The van der Waals surface area contributed by atoms with E-state index in [2.05, 4.69) is 0 Å². The molecule has 0 saturated heterocycles. The Kier molecular flexibility index (Phi) is 5.75. The monoisotopic (exact) mass is 302 g/mol. The van der Waals surface area contributed by atoms with Gasteiger partial charge in [0.1, 0.15) is 5.75 Å². The van der Waals surface area contributed by atoms with Crippen molar-refractivity contribution in [1.29, 1.82) is 0 Å². The number of pyridine rings is 1. The third-order valence-electron chi connectivity index (χ3n) is 3.59. The Balaban J connectivity index is 2.54. The van der Waals surface area contributed by atoms with E-state index < -0.39 is 0 Å². The van der Waals surface area contributed by atoms with Crippen LogP contribution in [0.5, 0.6) is 5.75 Å². The molecule has 0 aliphatic carbocycles. The number of benzene rings is 1. The molecule has 5 heteroatoms. The highest BCUT2D eigenvalue weighted by Crippen LogP contribution is 2.29. The van der Waals surface area contributed by atoms with Gasteiger partial charge in [0.25, 0.3) is 5.56 Å². The molecule has 0 fully saturated rings. The summed E-state index contributed by atoms with van der Waals surface area (Å²) >= 11 is 0. The van der Waals surface area contributed by atoms with Crippen LogP contribution in [0.3, 0.4) is 0 Å².